The third-order valence-electron chi connectivity index (χ3n) is 4.55. The molecule has 2 aromatic rings. The lowest BCUT2D eigenvalue weighted by atomic mass is 10.0. The van der Waals surface area contributed by atoms with Gasteiger partial charge in [0, 0.05) is 30.5 Å². The molecule has 2 heterocycles. The van der Waals surface area contributed by atoms with Crippen LogP contribution >= 0.6 is 0 Å². The molecule has 0 aliphatic carbocycles. The highest BCUT2D eigenvalue weighted by Crippen LogP contribution is 2.26. The maximum atomic E-state index is 14.5. The predicted molar refractivity (Wildman–Crippen MR) is 89.4 cm³/mol. The van der Waals surface area contributed by atoms with Crippen LogP contribution in [0.25, 0.3) is 11.1 Å². The molecular formula is C19H23FN2O. The normalized spacial score (nSPS) is 19.9. The molecule has 23 heavy (non-hydrogen) atoms. The van der Waals surface area contributed by atoms with Crippen molar-refractivity contribution >= 4 is 0 Å². The van der Waals surface area contributed by atoms with Gasteiger partial charge in [0.15, 0.2) is 0 Å². The number of benzene rings is 1. The van der Waals surface area contributed by atoms with Crippen molar-refractivity contribution in [2.24, 2.45) is 0 Å². The number of nitrogens with zero attached hydrogens (tertiary/aromatic N) is 2. The second-order valence-electron chi connectivity index (χ2n) is 6.39. The van der Waals surface area contributed by atoms with Crippen LogP contribution in [-0.2, 0) is 6.54 Å². The Labute approximate surface area is 136 Å². The number of likely N-dealkylation sites (tertiary alicyclic amines) is 1. The van der Waals surface area contributed by atoms with Gasteiger partial charge in [0.25, 0.3) is 0 Å². The molecular weight excluding hydrogens is 291 g/mol. The van der Waals surface area contributed by atoms with Gasteiger partial charge >= 0.3 is 0 Å². The van der Waals surface area contributed by atoms with E-state index in [0.29, 0.717) is 12.6 Å². The summed E-state index contributed by atoms with van der Waals surface area (Å²) in [5.41, 5.74) is 2.56. The molecule has 4 heteroatoms. The van der Waals surface area contributed by atoms with Gasteiger partial charge < -0.3 is 5.11 Å². The molecule has 1 fully saturated rings. The Hall–Kier alpha value is -1.78. The van der Waals surface area contributed by atoms with Gasteiger partial charge in [-0.15, -0.1) is 0 Å². The zero-order chi connectivity index (χ0) is 16.2. The van der Waals surface area contributed by atoms with Gasteiger partial charge in [-0.1, -0.05) is 12.1 Å². The molecule has 2 unspecified atom stereocenters. The summed E-state index contributed by atoms with van der Waals surface area (Å²) >= 11 is 0. The Balaban J connectivity index is 1.74. The van der Waals surface area contributed by atoms with Crippen LogP contribution in [0, 0.1) is 5.82 Å². The summed E-state index contributed by atoms with van der Waals surface area (Å²) in [6.07, 6.45) is 6.09. The van der Waals surface area contributed by atoms with Crippen LogP contribution in [-0.4, -0.2) is 33.7 Å². The van der Waals surface area contributed by atoms with E-state index in [0.717, 1.165) is 42.5 Å². The molecule has 1 aliphatic rings. The molecule has 122 valence electrons. The first kappa shape index (κ1) is 16.1. The third kappa shape index (κ3) is 3.95. The van der Waals surface area contributed by atoms with Gasteiger partial charge in [-0.25, -0.2) is 4.39 Å². The van der Waals surface area contributed by atoms with Gasteiger partial charge in [0.05, 0.1) is 6.10 Å². The van der Waals surface area contributed by atoms with Gasteiger partial charge in [0.1, 0.15) is 5.82 Å². The van der Waals surface area contributed by atoms with Gasteiger partial charge in [-0.2, -0.15) is 0 Å². The molecule has 1 aliphatic heterocycles. The third-order valence-corrected chi connectivity index (χ3v) is 4.55. The van der Waals surface area contributed by atoms with E-state index in [4.69, 9.17) is 0 Å². The van der Waals surface area contributed by atoms with E-state index >= 15 is 0 Å². The fraction of sp³-hybridized carbons (Fsp3) is 0.421. The Morgan fingerprint density at radius 3 is 2.74 bits per heavy atom. The maximum Gasteiger partial charge on any atom is 0.128 e. The first-order valence-electron chi connectivity index (χ1n) is 8.24. The fourth-order valence-corrected chi connectivity index (χ4v) is 3.38. The highest BCUT2D eigenvalue weighted by molar-refractivity contribution is 5.63. The molecule has 1 saturated heterocycles. The number of hydrogen-bond acceptors (Lipinski definition) is 3. The topological polar surface area (TPSA) is 36.4 Å². The number of hydrogen-bond donors (Lipinski definition) is 1. The van der Waals surface area contributed by atoms with Crippen molar-refractivity contribution < 1.29 is 9.50 Å². The second kappa shape index (κ2) is 7.20. The highest BCUT2D eigenvalue weighted by Gasteiger charge is 2.26. The van der Waals surface area contributed by atoms with Crippen LogP contribution in [0.1, 0.15) is 31.7 Å². The number of aliphatic hydroxyl groups is 1. The molecule has 1 aromatic carbocycles. The highest BCUT2D eigenvalue weighted by atomic mass is 19.1. The predicted octanol–water partition coefficient (Wildman–Crippen LogP) is 3.62. The monoisotopic (exact) mass is 314 g/mol. The Kier molecular flexibility index (Phi) is 5.03. The zero-order valence-electron chi connectivity index (χ0n) is 13.5. The molecule has 3 nitrogen and oxygen atoms in total. The van der Waals surface area contributed by atoms with Crippen molar-refractivity contribution in [1.82, 2.24) is 9.88 Å². The lowest BCUT2D eigenvalue weighted by Crippen LogP contribution is -2.31. The van der Waals surface area contributed by atoms with Crippen molar-refractivity contribution in [3.63, 3.8) is 0 Å². The number of aliphatic hydroxyl groups excluding tert-OH is 1. The number of pyridine rings is 1. The first-order valence-corrected chi connectivity index (χ1v) is 8.24. The minimum Gasteiger partial charge on any atom is -0.393 e. The van der Waals surface area contributed by atoms with Crippen molar-refractivity contribution in [3.8, 4) is 11.1 Å². The van der Waals surface area contributed by atoms with E-state index in [-0.39, 0.29) is 11.9 Å². The molecule has 0 saturated carbocycles. The van der Waals surface area contributed by atoms with Gasteiger partial charge in [-0.3, -0.25) is 9.88 Å². The molecule has 1 N–H and O–H groups in total. The van der Waals surface area contributed by atoms with Crippen LogP contribution in [0.4, 0.5) is 4.39 Å². The summed E-state index contributed by atoms with van der Waals surface area (Å²) in [7, 11) is 0. The van der Waals surface area contributed by atoms with E-state index in [1.54, 1.807) is 18.5 Å². The lowest BCUT2D eigenvalue weighted by Gasteiger charge is -2.25. The second-order valence-corrected chi connectivity index (χ2v) is 6.39. The summed E-state index contributed by atoms with van der Waals surface area (Å²) < 4.78 is 14.5. The van der Waals surface area contributed by atoms with E-state index in [2.05, 4.69) is 9.88 Å². The molecule has 0 spiro atoms. The smallest absolute Gasteiger partial charge is 0.128 e. The summed E-state index contributed by atoms with van der Waals surface area (Å²) in [6.45, 7) is 3.41. The number of aromatic nitrogens is 1. The van der Waals surface area contributed by atoms with E-state index < -0.39 is 0 Å². The minimum atomic E-state index is -0.306. The largest absolute Gasteiger partial charge is 0.393 e. The molecule has 2 atom stereocenters. The van der Waals surface area contributed by atoms with Crippen LogP contribution in [0.2, 0.25) is 0 Å². The summed E-state index contributed by atoms with van der Waals surface area (Å²) in [6, 6.07) is 9.57. The Morgan fingerprint density at radius 2 is 2.04 bits per heavy atom. The van der Waals surface area contributed by atoms with Gasteiger partial charge in [0.2, 0.25) is 0 Å². The summed E-state index contributed by atoms with van der Waals surface area (Å²) in [5.74, 6) is -0.165. The Morgan fingerprint density at radius 1 is 1.26 bits per heavy atom. The quantitative estimate of drug-likeness (QED) is 0.915. The number of halogens is 1. The Bertz CT molecular complexity index is 645. The van der Waals surface area contributed by atoms with Crippen molar-refractivity contribution in [3.05, 3.63) is 54.1 Å². The molecule has 0 bridgehead atoms. The van der Waals surface area contributed by atoms with E-state index in [1.807, 2.05) is 31.2 Å². The molecule has 0 amide bonds. The molecule has 3 rings (SSSR count). The first-order chi connectivity index (χ1) is 11.1. The van der Waals surface area contributed by atoms with Gasteiger partial charge in [-0.05, 0) is 62.1 Å². The average molecular weight is 314 g/mol. The summed E-state index contributed by atoms with van der Waals surface area (Å²) in [4.78, 5) is 6.28. The maximum absolute atomic E-state index is 14.5. The van der Waals surface area contributed by atoms with E-state index in [9.17, 15) is 9.50 Å². The standard InChI is InChI=1S/C19H23FN2O/c1-14(23)11-18-3-2-10-22(18)13-17-5-4-16(12-19(17)20)15-6-8-21-9-7-15/h4-9,12,14,18,23H,2-3,10-11,13H2,1H3. The van der Waals surface area contributed by atoms with E-state index in [1.165, 1.54) is 0 Å². The van der Waals surface area contributed by atoms with Crippen LogP contribution < -0.4 is 0 Å². The number of rotatable bonds is 5. The van der Waals surface area contributed by atoms with Crippen molar-refractivity contribution in [1.29, 1.82) is 0 Å². The lowest BCUT2D eigenvalue weighted by molar-refractivity contribution is 0.130. The van der Waals surface area contributed by atoms with Crippen LogP contribution in [0.15, 0.2) is 42.7 Å². The average Bonchev–Trinajstić information content (AvgIpc) is 2.96. The fourth-order valence-electron chi connectivity index (χ4n) is 3.38. The van der Waals surface area contributed by atoms with Crippen LogP contribution in [0.3, 0.4) is 0 Å². The summed E-state index contributed by atoms with van der Waals surface area (Å²) in [5, 5.41) is 9.61. The van der Waals surface area contributed by atoms with Crippen molar-refractivity contribution in [2.75, 3.05) is 6.54 Å². The van der Waals surface area contributed by atoms with Crippen LogP contribution in [0.5, 0.6) is 0 Å². The van der Waals surface area contributed by atoms with Crippen molar-refractivity contribution in [2.45, 2.75) is 44.9 Å². The molecule has 1 aromatic heterocycles. The zero-order valence-corrected chi connectivity index (χ0v) is 13.5. The minimum absolute atomic E-state index is 0.165. The SMILES string of the molecule is CC(O)CC1CCCN1Cc1ccc(-c2ccncc2)cc1F. The molecule has 0 radical (unpaired) electrons.